The Kier molecular flexibility index (Phi) is 6.56. The molecule has 3 heteroatoms. The first kappa shape index (κ1) is 14.5. The van der Waals surface area contributed by atoms with Gasteiger partial charge in [-0.25, -0.2) is 0 Å². The molecule has 0 radical (unpaired) electrons. The van der Waals surface area contributed by atoms with Crippen LogP contribution in [-0.2, 0) is 4.79 Å². The summed E-state index contributed by atoms with van der Waals surface area (Å²) in [4.78, 5) is 14.5. The molecule has 2 unspecified atom stereocenters. The number of nitrogens with one attached hydrogen (secondary N) is 1. The smallest absolute Gasteiger partial charge is 0.225 e. The number of rotatable bonds is 6. The van der Waals surface area contributed by atoms with Gasteiger partial charge in [-0.1, -0.05) is 26.7 Å². The summed E-state index contributed by atoms with van der Waals surface area (Å²) in [5.41, 5.74) is 0. The van der Waals surface area contributed by atoms with Crippen molar-refractivity contribution in [2.75, 3.05) is 20.1 Å². The van der Waals surface area contributed by atoms with Gasteiger partial charge in [0, 0.05) is 25.0 Å². The first-order valence-electron chi connectivity index (χ1n) is 7.18. The highest BCUT2D eigenvalue weighted by Gasteiger charge is 2.26. The van der Waals surface area contributed by atoms with Gasteiger partial charge in [-0.05, 0) is 32.7 Å². The number of amides is 1. The summed E-state index contributed by atoms with van der Waals surface area (Å²) < 4.78 is 0. The largest absolute Gasteiger partial charge is 0.341 e. The molecule has 1 aliphatic heterocycles. The van der Waals surface area contributed by atoms with Gasteiger partial charge in [0.15, 0.2) is 0 Å². The Balaban J connectivity index is 2.48. The fourth-order valence-electron chi connectivity index (χ4n) is 2.62. The number of piperidine rings is 1. The third-order valence-corrected chi connectivity index (χ3v) is 3.89. The van der Waals surface area contributed by atoms with E-state index in [1.54, 1.807) is 0 Å². The predicted octanol–water partition coefficient (Wildman–Crippen LogP) is 2.41. The molecule has 2 atom stereocenters. The maximum absolute atomic E-state index is 12.4. The summed E-state index contributed by atoms with van der Waals surface area (Å²) in [5.74, 6) is 0.645. The number of likely N-dealkylation sites (tertiary alicyclic amines) is 1. The van der Waals surface area contributed by atoms with Crippen molar-refractivity contribution in [1.29, 1.82) is 0 Å². The minimum Gasteiger partial charge on any atom is -0.341 e. The second-order valence-corrected chi connectivity index (χ2v) is 5.16. The first-order chi connectivity index (χ1) is 8.22. The highest BCUT2D eigenvalue weighted by atomic mass is 16.2. The zero-order valence-electron chi connectivity index (χ0n) is 11.7. The zero-order valence-corrected chi connectivity index (χ0v) is 11.7. The highest BCUT2D eigenvalue weighted by molar-refractivity contribution is 5.78. The van der Waals surface area contributed by atoms with Gasteiger partial charge >= 0.3 is 0 Å². The van der Waals surface area contributed by atoms with Crippen LogP contribution < -0.4 is 5.32 Å². The van der Waals surface area contributed by atoms with Crippen LogP contribution in [0.5, 0.6) is 0 Å². The third-order valence-electron chi connectivity index (χ3n) is 3.89. The number of carbonyl (C=O) groups is 1. The SMILES string of the molecule is CCCCC(CC)C(=O)N1CCCC(NC)C1. The molecular weight excluding hydrogens is 212 g/mol. The number of hydrogen-bond acceptors (Lipinski definition) is 2. The van der Waals surface area contributed by atoms with Gasteiger partial charge < -0.3 is 10.2 Å². The lowest BCUT2D eigenvalue weighted by atomic mass is 9.96. The molecule has 1 saturated heterocycles. The first-order valence-corrected chi connectivity index (χ1v) is 7.18. The van der Waals surface area contributed by atoms with Crippen molar-refractivity contribution in [1.82, 2.24) is 10.2 Å². The topological polar surface area (TPSA) is 32.3 Å². The normalized spacial score (nSPS) is 22.5. The second kappa shape index (κ2) is 7.70. The molecule has 3 nitrogen and oxygen atoms in total. The van der Waals surface area contributed by atoms with E-state index >= 15 is 0 Å². The fourth-order valence-corrected chi connectivity index (χ4v) is 2.62. The average Bonchev–Trinajstić information content (AvgIpc) is 2.39. The van der Waals surface area contributed by atoms with Gasteiger partial charge in [0.05, 0.1) is 0 Å². The van der Waals surface area contributed by atoms with Crippen molar-refractivity contribution in [3.8, 4) is 0 Å². The van der Waals surface area contributed by atoms with Gasteiger partial charge in [-0.15, -0.1) is 0 Å². The lowest BCUT2D eigenvalue weighted by Crippen LogP contribution is -2.48. The van der Waals surface area contributed by atoms with E-state index in [-0.39, 0.29) is 5.92 Å². The van der Waals surface area contributed by atoms with Crippen LogP contribution in [0, 0.1) is 5.92 Å². The summed E-state index contributed by atoms with van der Waals surface area (Å²) >= 11 is 0. The van der Waals surface area contributed by atoms with Gasteiger partial charge in [0.25, 0.3) is 0 Å². The monoisotopic (exact) mass is 240 g/mol. The number of carbonyl (C=O) groups excluding carboxylic acids is 1. The van der Waals surface area contributed by atoms with Gasteiger partial charge in [-0.3, -0.25) is 4.79 Å². The quantitative estimate of drug-likeness (QED) is 0.773. The number of hydrogen-bond donors (Lipinski definition) is 1. The Morgan fingerprint density at radius 2 is 2.24 bits per heavy atom. The van der Waals surface area contributed by atoms with Gasteiger partial charge in [0.2, 0.25) is 5.91 Å². The molecule has 0 aromatic carbocycles. The highest BCUT2D eigenvalue weighted by Crippen LogP contribution is 2.19. The van der Waals surface area contributed by atoms with Gasteiger partial charge in [0.1, 0.15) is 0 Å². The Morgan fingerprint density at radius 3 is 2.82 bits per heavy atom. The van der Waals surface area contributed by atoms with E-state index in [2.05, 4.69) is 24.1 Å². The summed E-state index contributed by atoms with van der Waals surface area (Å²) in [6.07, 6.45) is 6.75. The molecule has 100 valence electrons. The lowest BCUT2D eigenvalue weighted by molar-refractivity contribution is -0.137. The van der Waals surface area contributed by atoms with Crippen molar-refractivity contribution in [2.24, 2.45) is 5.92 Å². The molecule has 0 aromatic rings. The third kappa shape index (κ3) is 4.30. The Hall–Kier alpha value is -0.570. The van der Waals surface area contributed by atoms with Crippen molar-refractivity contribution in [3.63, 3.8) is 0 Å². The molecule has 1 rings (SSSR count). The van der Waals surface area contributed by atoms with Crippen LogP contribution in [0.2, 0.25) is 0 Å². The molecule has 1 N–H and O–H groups in total. The molecule has 0 aliphatic carbocycles. The zero-order chi connectivity index (χ0) is 12.7. The van der Waals surface area contributed by atoms with Crippen LogP contribution in [-0.4, -0.2) is 37.0 Å². The summed E-state index contributed by atoms with van der Waals surface area (Å²) in [7, 11) is 1.99. The summed E-state index contributed by atoms with van der Waals surface area (Å²) in [6.45, 7) is 6.18. The molecule has 1 heterocycles. The molecule has 1 amide bonds. The number of likely N-dealkylation sites (N-methyl/N-ethyl adjacent to an activating group) is 1. The fraction of sp³-hybridized carbons (Fsp3) is 0.929. The second-order valence-electron chi connectivity index (χ2n) is 5.16. The molecule has 1 aliphatic rings. The van der Waals surface area contributed by atoms with E-state index in [1.165, 1.54) is 19.3 Å². The molecule has 17 heavy (non-hydrogen) atoms. The van der Waals surface area contributed by atoms with Crippen LogP contribution in [0.3, 0.4) is 0 Å². The van der Waals surface area contributed by atoms with E-state index in [0.717, 1.165) is 32.4 Å². The van der Waals surface area contributed by atoms with Crippen LogP contribution in [0.4, 0.5) is 0 Å². The molecule has 0 spiro atoms. The minimum atomic E-state index is 0.255. The summed E-state index contributed by atoms with van der Waals surface area (Å²) in [6, 6.07) is 0.497. The molecular formula is C14H28N2O. The van der Waals surface area contributed by atoms with Crippen LogP contribution in [0.1, 0.15) is 52.4 Å². The predicted molar refractivity (Wildman–Crippen MR) is 72.0 cm³/mol. The van der Waals surface area contributed by atoms with Crippen molar-refractivity contribution < 1.29 is 4.79 Å². The van der Waals surface area contributed by atoms with E-state index in [1.807, 2.05) is 7.05 Å². The minimum absolute atomic E-state index is 0.255. The summed E-state index contributed by atoms with van der Waals surface area (Å²) in [5, 5.41) is 3.29. The van der Waals surface area contributed by atoms with E-state index in [9.17, 15) is 4.79 Å². The number of nitrogens with zero attached hydrogens (tertiary/aromatic N) is 1. The molecule has 0 bridgehead atoms. The molecule has 1 fully saturated rings. The molecule has 0 aromatic heterocycles. The Bertz CT molecular complexity index is 230. The van der Waals surface area contributed by atoms with Crippen molar-refractivity contribution >= 4 is 5.91 Å². The molecule has 0 saturated carbocycles. The maximum Gasteiger partial charge on any atom is 0.225 e. The average molecular weight is 240 g/mol. The van der Waals surface area contributed by atoms with Gasteiger partial charge in [-0.2, -0.15) is 0 Å². The van der Waals surface area contributed by atoms with Crippen molar-refractivity contribution in [2.45, 2.75) is 58.4 Å². The number of unbranched alkanes of at least 4 members (excludes halogenated alkanes) is 1. The van der Waals surface area contributed by atoms with Crippen LogP contribution in [0.25, 0.3) is 0 Å². The Labute approximate surface area is 106 Å². The maximum atomic E-state index is 12.4. The van der Waals surface area contributed by atoms with E-state index in [0.29, 0.717) is 11.9 Å². The van der Waals surface area contributed by atoms with Crippen LogP contribution >= 0.6 is 0 Å². The lowest BCUT2D eigenvalue weighted by Gasteiger charge is -2.34. The Morgan fingerprint density at radius 1 is 1.47 bits per heavy atom. The standard InChI is InChI=1S/C14H28N2O/c1-4-6-8-12(5-2)14(17)16-10-7-9-13(11-16)15-3/h12-13,15H,4-11H2,1-3H3. The van der Waals surface area contributed by atoms with Crippen molar-refractivity contribution in [3.05, 3.63) is 0 Å². The van der Waals surface area contributed by atoms with E-state index < -0.39 is 0 Å². The van der Waals surface area contributed by atoms with Crippen LogP contribution in [0.15, 0.2) is 0 Å². The van der Waals surface area contributed by atoms with E-state index in [4.69, 9.17) is 0 Å².